The van der Waals surface area contributed by atoms with E-state index in [2.05, 4.69) is 30.8 Å². The second kappa shape index (κ2) is 8.48. The van der Waals surface area contributed by atoms with Crippen LogP contribution in [0.3, 0.4) is 0 Å². The molecular weight excluding hydrogens is 344 g/mol. The Bertz CT molecular complexity index is 803. The van der Waals surface area contributed by atoms with Gasteiger partial charge < -0.3 is 20.9 Å². The van der Waals surface area contributed by atoms with Crippen molar-refractivity contribution in [1.82, 2.24) is 15.3 Å². The quantitative estimate of drug-likeness (QED) is 0.770. The number of piperidine rings is 1. The van der Waals surface area contributed by atoms with Crippen LogP contribution in [-0.4, -0.2) is 41.0 Å². The smallest absolute Gasteiger partial charge is 0.319 e. The standard InChI is InChI=1S/C19H24N6O2/c1-13-4-5-16(22-14(2)26)12-17(13)24-19(27)23-15-6-10-25(11-7-15)18-20-8-3-9-21-18/h3-5,8-9,12,15H,6-7,10-11H2,1-2H3,(H,22,26)(H2,23,24,27). The van der Waals surface area contributed by atoms with Crippen LogP contribution in [0.15, 0.2) is 36.7 Å². The van der Waals surface area contributed by atoms with Crippen molar-refractivity contribution in [3.63, 3.8) is 0 Å². The van der Waals surface area contributed by atoms with Crippen molar-refractivity contribution in [1.29, 1.82) is 0 Å². The number of urea groups is 1. The van der Waals surface area contributed by atoms with E-state index in [1.54, 1.807) is 30.6 Å². The minimum atomic E-state index is -0.243. The van der Waals surface area contributed by atoms with Crippen LogP contribution in [0.25, 0.3) is 0 Å². The van der Waals surface area contributed by atoms with Gasteiger partial charge in [-0.05, 0) is 43.5 Å². The zero-order chi connectivity index (χ0) is 19.2. The van der Waals surface area contributed by atoms with E-state index in [-0.39, 0.29) is 18.0 Å². The maximum Gasteiger partial charge on any atom is 0.319 e. The maximum atomic E-state index is 12.4. The SMILES string of the molecule is CC(=O)Nc1ccc(C)c(NC(=O)NC2CCN(c3ncccn3)CC2)c1. The summed E-state index contributed by atoms with van der Waals surface area (Å²) in [6.45, 7) is 4.95. The van der Waals surface area contributed by atoms with Crippen molar-refractivity contribution >= 4 is 29.3 Å². The van der Waals surface area contributed by atoms with Gasteiger partial charge in [0.1, 0.15) is 0 Å². The normalized spacial score (nSPS) is 14.5. The summed E-state index contributed by atoms with van der Waals surface area (Å²) in [6, 6.07) is 7.08. The van der Waals surface area contributed by atoms with Gasteiger partial charge in [0.15, 0.2) is 0 Å². The largest absolute Gasteiger partial charge is 0.341 e. The first kappa shape index (κ1) is 18.6. The van der Waals surface area contributed by atoms with Gasteiger partial charge in [-0.2, -0.15) is 0 Å². The predicted molar refractivity (Wildman–Crippen MR) is 105 cm³/mol. The molecule has 0 radical (unpaired) electrons. The number of hydrogen-bond acceptors (Lipinski definition) is 5. The van der Waals surface area contributed by atoms with Gasteiger partial charge in [-0.1, -0.05) is 6.07 Å². The number of carbonyl (C=O) groups is 2. The molecule has 142 valence electrons. The number of anilines is 3. The van der Waals surface area contributed by atoms with Gasteiger partial charge in [-0.15, -0.1) is 0 Å². The summed E-state index contributed by atoms with van der Waals surface area (Å²) in [7, 11) is 0. The Labute approximate surface area is 158 Å². The predicted octanol–water partition coefficient (Wildman–Crippen LogP) is 2.53. The van der Waals surface area contributed by atoms with Crippen LogP contribution in [0.5, 0.6) is 0 Å². The topological polar surface area (TPSA) is 99.2 Å². The highest BCUT2D eigenvalue weighted by Crippen LogP contribution is 2.21. The Morgan fingerprint density at radius 3 is 2.48 bits per heavy atom. The van der Waals surface area contributed by atoms with Crippen molar-refractivity contribution in [2.24, 2.45) is 0 Å². The molecule has 8 heteroatoms. The Hall–Kier alpha value is -3.16. The first-order valence-electron chi connectivity index (χ1n) is 8.99. The van der Waals surface area contributed by atoms with Gasteiger partial charge in [-0.25, -0.2) is 14.8 Å². The Kier molecular flexibility index (Phi) is 5.85. The van der Waals surface area contributed by atoms with Crippen LogP contribution in [0.2, 0.25) is 0 Å². The van der Waals surface area contributed by atoms with Crippen molar-refractivity contribution in [3.8, 4) is 0 Å². The lowest BCUT2D eigenvalue weighted by Crippen LogP contribution is -2.46. The van der Waals surface area contributed by atoms with Gasteiger partial charge in [-0.3, -0.25) is 4.79 Å². The van der Waals surface area contributed by atoms with E-state index in [1.165, 1.54) is 6.92 Å². The monoisotopic (exact) mass is 368 g/mol. The molecule has 8 nitrogen and oxygen atoms in total. The number of hydrogen-bond donors (Lipinski definition) is 3. The molecule has 27 heavy (non-hydrogen) atoms. The van der Waals surface area contributed by atoms with E-state index in [4.69, 9.17) is 0 Å². The van der Waals surface area contributed by atoms with Crippen molar-refractivity contribution in [2.45, 2.75) is 32.7 Å². The highest BCUT2D eigenvalue weighted by Gasteiger charge is 2.22. The Balaban J connectivity index is 1.52. The Morgan fingerprint density at radius 1 is 1.11 bits per heavy atom. The molecule has 3 rings (SSSR count). The molecule has 1 fully saturated rings. The van der Waals surface area contributed by atoms with E-state index in [0.717, 1.165) is 37.4 Å². The summed E-state index contributed by atoms with van der Waals surface area (Å²) < 4.78 is 0. The molecule has 1 aromatic heterocycles. The molecule has 0 atom stereocenters. The third-order valence-electron chi connectivity index (χ3n) is 4.47. The van der Waals surface area contributed by atoms with E-state index >= 15 is 0 Å². The average molecular weight is 368 g/mol. The molecule has 1 saturated heterocycles. The molecule has 1 aromatic carbocycles. The molecule has 0 aliphatic carbocycles. The fourth-order valence-corrected chi connectivity index (χ4v) is 3.06. The number of nitrogens with zero attached hydrogens (tertiary/aromatic N) is 3. The summed E-state index contributed by atoms with van der Waals surface area (Å²) in [5.74, 6) is 0.578. The number of amides is 3. The van der Waals surface area contributed by atoms with Gasteiger partial charge in [0.2, 0.25) is 11.9 Å². The third kappa shape index (κ3) is 5.16. The minimum absolute atomic E-state index is 0.101. The lowest BCUT2D eigenvalue weighted by Gasteiger charge is -2.32. The van der Waals surface area contributed by atoms with Crippen LogP contribution in [0.1, 0.15) is 25.3 Å². The van der Waals surface area contributed by atoms with E-state index < -0.39 is 0 Å². The van der Waals surface area contributed by atoms with Crippen molar-refractivity contribution < 1.29 is 9.59 Å². The average Bonchev–Trinajstić information content (AvgIpc) is 2.65. The lowest BCUT2D eigenvalue weighted by atomic mass is 10.1. The fourth-order valence-electron chi connectivity index (χ4n) is 3.06. The van der Waals surface area contributed by atoms with Crippen LogP contribution in [-0.2, 0) is 4.79 Å². The second-order valence-corrected chi connectivity index (χ2v) is 6.62. The molecular formula is C19H24N6O2. The number of carbonyl (C=O) groups excluding carboxylic acids is 2. The summed E-state index contributed by atoms with van der Waals surface area (Å²) in [6.07, 6.45) is 5.13. The molecule has 2 aromatic rings. The third-order valence-corrected chi connectivity index (χ3v) is 4.47. The molecule has 3 amide bonds. The molecule has 1 aliphatic rings. The van der Waals surface area contributed by atoms with Gasteiger partial charge in [0.05, 0.1) is 0 Å². The van der Waals surface area contributed by atoms with Crippen LogP contribution in [0, 0.1) is 6.92 Å². The van der Waals surface area contributed by atoms with E-state index in [0.29, 0.717) is 11.4 Å². The number of benzene rings is 1. The van der Waals surface area contributed by atoms with Crippen LogP contribution in [0.4, 0.5) is 22.1 Å². The zero-order valence-electron chi connectivity index (χ0n) is 15.5. The molecule has 1 aliphatic heterocycles. The van der Waals surface area contributed by atoms with Gasteiger partial charge >= 0.3 is 6.03 Å². The summed E-state index contributed by atoms with van der Waals surface area (Å²) >= 11 is 0. The van der Waals surface area contributed by atoms with Crippen molar-refractivity contribution in [2.75, 3.05) is 28.6 Å². The van der Waals surface area contributed by atoms with E-state index in [1.807, 2.05) is 13.0 Å². The van der Waals surface area contributed by atoms with Gasteiger partial charge in [0, 0.05) is 49.8 Å². The number of aromatic nitrogens is 2. The zero-order valence-corrected chi connectivity index (χ0v) is 15.5. The minimum Gasteiger partial charge on any atom is -0.341 e. The van der Waals surface area contributed by atoms with Gasteiger partial charge in [0.25, 0.3) is 0 Å². The highest BCUT2D eigenvalue weighted by atomic mass is 16.2. The fraction of sp³-hybridized carbons (Fsp3) is 0.368. The number of rotatable bonds is 4. The molecule has 0 spiro atoms. The Morgan fingerprint density at radius 2 is 1.81 bits per heavy atom. The highest BCUT2D eigenvalue weighted by molar-refractivity contribution is 5.93. The van der Waals surface area contributed by atoms with Crippen LogP contribution < -0.4 is 20.9 Å². The molecule has 3 N–H and O–H groups in total. The molecule has 0 saturated carbocycles. The number of nitrogens with one attached hydrogen (secondary N) is 3. The summed E-state index contributed by atoms with van der Waals surface area (Å²) in [4.78, 5) is 34.2. The van der Waals surface area contributed by atoms with Crippen LogP contribution >= 0.6 is 0 Å². The first-order chi connectivity index (χ1) is 13.0. The number of aryl methyl sites for hydroxylation is 1. The van der Waals surface area contributed by atoms with Crippen molar-refractivity contribution in [3.05, 3.63) is 42.2 Å². The maximum absolute atomic E-state index is 12.4. The first-order valence-corrected chi connectivity index (χ1v) is 8.99. The summed E-state index contributed by atoms with van der Waals surface area (Å²) in [5.41, 5.74) is 2.25. The molecule has 0 bridgehead atoms. The molecule has 0 unspecified atom stereocenters. The molecule has 2 heterocycles. The van der Waals surface area contributed by atoms with E-state index in [9.17, 15) is 9.59 Å². The second-order valence-electron chi connectivity index (χ2n) is 6.62. The summed E-state index contributed by atoms with van der Waals surface area (Å²) in [5, 5.41) is 8.62. The lowest BCUT2D eigenvalue weighted by molar-refractivity contribution is -0.114.